The summed E-state index contributed by atoms with van der Waals surface area (Å²) in [6.07, 6.45) is 0. The van der Waals surface area contributed by atoms with Gasteiger partial charge in [0.2, 0.25) is 0 Å². The van der Waals surface area contributed by atoms with Gasteiger partial charge in [-0.15, -0.1) is 0 Å². The molecule has 0 spiro atoms. The standard InChI is InChI=1S/C17H21N3O4S/c1-4-24-15-9-7-14(8-10-15)19-25(22,23)16-11-5-13(6-12-16)17(21)18-20(2)3/h5-12,19H,4H2,1-3H3,(H,18,21). The van der Waals surface area contributed by atoms with Crippen molar-refractivity contribution in [1.29, 1.82) is 0 Å². The van der Waals surface area contributed by atoms with Crippen LogP contribution in [0.1, 0.15) is 17.3 Å². The Balaban J connectivity index is 2.12. The van der Waals surface area contributed by atoms with Gasteiger partial charge in [-0.05, 0) is 55.5 Å². The molecule has 0 bridgehead atoms. The van der Waals surface area contributed by atoms with E-state index in [1.165, 1.54) is 29.3 Å². The molecular weight excluding hydrogens is 342 g/mol. The van der Waals surface area contributed by atoms with E-state index in [-0.39, 0.29) is 10.8 Å². The third kappa shape index (κ3) is 5.20. The van der Waals surface area contributed by atoms with Crippen molar-refractivity contribution < 1.29 is 17.9 Å². The Morgan fingerprint density at radius 2 is 1.64 bits per heavy atom. The van der Waals surface area contributed by atoms with E-state index in [4.69, 9.17) is 4.74 Å². The number of anilines is 1. The number of nitrogens with one attached hydrogen (secondary N) is 2. The number of carbonyl (C=O) groups excluding carboxylic acids is 1. The summed E-state index contributed by atoms with van der Waals surface area (Å²) in [5, 5.41) is 1.51. The van der Waals surface area contributed by atoms with E-state index in [0.717, 1.165) is 0 Å². The van der Waals surface area contributed by atoms with Crippen LogP contribution < -0.4 is 14.9 Å². The van der Waals surface area contributed by atoms with Crippen molar-refractivity contribution in [2.75, 3.05) is 25.4 Å². The maximum Gasteiger partial charge on any atom is 0.265 e. The first kappa shape index (κ1) is 18.8. The summed E-state index contributed by atoms with van der Waals surface area (Å²) >= 11 is 0. The maximum absolute atomic E-state index is 12.4. The third-order valence-corrected chi connectivity index (χ3v) is 4.57. The molecule has 2 aromatic rings. The van der Waals surface area contributed by atoms with Crippen LogP contribution in [-0.4, -0.2) is 40.0 Å². The van der Waals surface area contributed by atoms with Crippen LogP contribution in [0.25, 0.3) is 0 Å². The summed E-state index contributed by atoms with van der Waals surface area (Å²) in [5.74, 6) is 0.357. The zero-order chi connectivity index (χ0) is 18.4. The zero-order valence-corrected chi connectivity index (χ0v) is 15.1. The van der Waals surface area contributed by atoms with E-state index < -0.39 is 10.0 Å². The molecule has 0 saturated carbocycles. The molecule has 1 amide bonds. The van der Waals surface area contributed by atoms with Crippen LogP contribution in [0.2, 0.25) is 0 Å². The summed E-state index contributed by atoms with van der Waals surface area (Å²) in [4.78, 5) is 11.9. The number of nitrogens with zero attached hydrogens (tertiary/aromatic N) is 1. The van der Waals surface area contributed by atoms with Crippen molar-refractivity contribution in [1.82, 2.24) is 10.4 Å². The number of benzene rings is 2. The van der Waals surface area contributed by atoms with Gasteiger partial charge in [-0.3, -0.25) is 14.9 Å². The third-order valence-electron chi connectivity index (χ3n) is 3.17. The SMILES string of the molecule is CCOc1ccc(NS(=O)(=O)c2ccc(C(=O)NN(C)C)cc2)cc1. The summed E-state index contributed by atoms with van der Waals surface area (Å²) in [6, 6.07) is 12.3. The summed E-state index contributed by atoms with van der Waals surface area (Å²) in [5.41, 5.74) is 3.39. The molecule has 0 aliphatic rings. The predicted molar refractivity (Wildman–Crippen MR) is 96.0 cm³/mol. The van der Waals surface area contributed by atoms with Crippen LogP contribution in [0.3, 0.4) is 0 Å². The van der Waals surface area contributed by atoms with Gasteiger partial charge in [0, 0.05) is 25.3 Å². The molecule has 2 aromatic carbocycles. The van der Waals surface area contributed by atoms with Crippen molar-refractivity contribution in [3.63, 3.8) is 0 Å². The minimum absolute atomic E-state index is 0.0720. The number of amides is 1. The van der Waals surface area contributed by atoms with Crippen LogP contribution in [0.5, 0.6) is 5.75 Å². The molecule has 0 saturated heterocycles. The predicted octanol–water partition coefficient (Wildman–Crippen LogP) is 2.09. The normalized spacial score (nSPS) is 11.2. The molecule has 2 rings (SSSR count). The molecule has 0 aliphatic heterocycles. The molecule has 134 valence electrons. The number of sulfonamides is 1. The van der Waals surface area contributed by atoms with Gasteiger partial charge < -0.3 is 4.74 Å². The molecule has 0 heterocycles. The number of ether oxygens (including phenoxy) is 1. The number of hydrazine groups is 1. The number of hydrogen-bond donors (Lipinski definition) is 2. The fourth-order valence-corrected chi connectivity index (χ4v) is 3.11. The van der Waals surface area contributed by atoms with Crippen LogP contribution in [-0.2, 0) is 10.0 Å². The second-order valence-electron chi connectivity index (χ2n) is 5.42. The van der Waals surface area contributed by atoms with Crippen molar-refractivity contribution >= 4 is 21.6 Å². The molecule has 0 unspecified atom stereocenters. The monoisotopic (exact) mass is 363 g/mol. The van der Waals surface area contributed by atoms with Crippen molar-refractivity contribution in [3.8, 4) is 5.75 Å². The van der Waals surface area contributed by atoms with Crippen molar-refractivity contribution in [2.45, 2.75) is 11.8 Å². The van der Waals surface area contributed by atoms with E-state index in [0.29, 0.717) is 23.6 Å². The molecule has 0 aromatic heterocycles. The first-order valence-corrected chi connectivity index (χ1v) is 9.14. The Morgan fingerprint density at radius 1 is 1.04 bits per heavy atom. The highest BCUT2D eigenvalue weighted by molar-refractivity contribution is 7.92. The minimum atomic E-state index is -3.74. The fourth-order valence-electron chi connectivity index (χ4n) is 2.05. The average molecular weight is 363 g/mol. The Labute approximate surface area is 147 Å². The molecule has 8 heteroatoms. The fraction of sp³-hybridized carbons (Fsp3) is 0.235. The van der Waals surface area contributed by atoms with Gasteiger partial charge in [-0.25, -0.2) is 13.4 Å². The van der Waals surface area contributed by atoms with Gasteiger partial charge in [0.05, 0.1) is 11.5 Å². The smallest absolute Gasteiger partial charge is 0.265 e. The van der Waals surface area contributed by atoms with E-state index in [1.54, 1.807) is 38.4 Å². The van der Waals surface area contributed by atoms with Crippen LogP contribution in [0.15, 0.2) is 53.4 Å². The Bertz CT molecular complexity index is 816. The van der Waals surface area contributed by atoms with E-state index >= 15 is 0 Å². The molecule has 2 N–H and O–H groups in total. The van der Waals surface area contributed by atoms with Gasteiger partial charge in [0.1, 0.15) is 5.75 Å². The van der Waals surface area contributed by atoms with Gasteiger partial charge in [-0.1, -0.05) is 0 Å². The Morgan fingerprint density at radius 3 is 2.16 bits per heavy atom. The second kappa shape index (κ2) is 8.00. The first-order chi connectivity index (χ1) is 11.8. The lowest BCUT2D eigenvalue weighted by Gasteiger charge is -2.12. The number of carbonyl (C=O) groups is 1. The Kier molecular flexibility index (Phi) is 6.00. The summed E-state index contributed by atoms with van der Waals surface area (Å²) in [7, 11) is -0.353. The molecule has 0 aliphatic carbocycles. The minimum Gasteiger partial charge on any atom is -0.494 e. The summed E-state index contributed by atoms with van der Waals surface area (Å²) in [6.45, 7) is 2.41. The molecule has 0 fully saturated rings. The lowest BCUT2D eigenvalue weighted by atomic mass is 10.2. The molecule has 0 atom stereocenters. The lowest BCUT2D eigenvalue weighted by Crippen LogP contribution is -2.36. The topological polar surface area (TPSA) is 87.7 Å². The summed E-state index contributed by atoms with van der Waals surface area (Å²) < 4.78 is 32.7. The molecular formula is C17H21N3O4S. The first-order valence-electron chi connectivity index (χ1n) is 7.66. The van der Waals surface area contributed by atoms with Crippen LogP contribution in [0.4, 0.5) is 5.69 Å². The van der Waals surface area contributed by atoms with Gasteiger partial charge in [-0.2, -0.15) is 0 Å². The van der Waals surface area contributed by atoms with Gasteiger partial charge >= 0.3 is 0 Å². The highest BCUT2D eigenvalue weighted by Gasteiger charge is 2.15. The number of rotatable bonds is 7. The van der Waals surface area contributed by atoms with Crippen molar-refractivity contribution in [2.24, 2.45) is 0 Å². The molecule has 0 radical (unpaired) electrons. The average Bonchev–Trinajstić information content (AvgIpc) is 2.56. The highest BCUT2D eigenvalue weighted by Crippen LogP contribution is 2.20. The van der Waals surface area contributed by atoms with E-state index in [9.17, 15) is 13.2 Å². The number of hydrogen-bond acceptors (Lipinski definition) is 5. The quantitative estimate of drug-likeness (QED) is 0.736. The van der Waals surface area contributed by atoms with Crippen LogP contribution >= 0.6 is 0 Å². The van der Waals surface area contributed by atoms with Gasteiger partial charge in [0.15, 0.2) is 0 Å². The highest BCUT2D eigenvalue weighted by atomic mass is 32.2. The molecule has 7 nitrogen and oxygen atoms in total. The van der Waals surface area contributed by atoms with Crippen molar-refractivity contribution in [3.05, 3.63) is 54.1 Å². The second-order valence-corrected chi connectivity index (χ2v) is 7.11. The van der Waals surface area contributed by atoms with Crippen LogP contribution in [0, 0.1) is 0 Å². The van der Waals surface area contributed by atoms with E-state index in [2.05, 4.69) is 10.1 Å². The Hall–Kier alpha value is -2.58. The van der Waals surface area contributed by atoms with Gasteiger partial charge in [0.25, 0.3) is 15.9 Å². The zero-order valence-electron chi connectivity index (χ0n) is 14.3. The van der Waals surface area contributed by atoms with E-state index in [1.807, 2.05) is 6.92 Å². The maximum atomic E-state index is 12.4. The molecule has 25 heavy (non-hydrogen) atoms. The largest absolute Gasteiger partial charge is 0.494 e. The lowest BCUT2D eigenvalue weighted by molar-refractivity contribution is 0.0857.